The Morgan fingerprint density at radius 2 is 1.64 bits per heavy atom. The van der Waals surface area contributed by atoms with Crippen LogP contribution in [0.25, 0.3) is 0 Å². The molecule has 0 saturated carbocycles. The Bertz CT molecular complexity index is 717. The molecule has 2 rings (SSSR count). The molecule has 2 aromatic carbocycles. The second-order valence-electron chi connectivity index (χ2n) is 5.69. The fourth-order valence-corrected chi connectivity index (χ4v) is 2.53. The summed E-state index contributed by atoms with van der Waals surface area (Å²) in [5.74, 6) is -0.178. The third kappa shape index (κ3) is 7.37. The zero-order chi connectivity index (χ0) is 18.1. The van der Waals surface area contributed by atoms with Crippen LogP contribution in [0.4, 0.5) is 11.4 Å². The maximum Gasteiger partial charge on any atom is 0.225 e. The molecule has 3 N–H and O–H groups in total. The number of hydrogen-bond donors (Lipinski definition) is 3. The minimum atomic E-state index is -0.124. The van der Waals surface area contributed by atoms with E-state index in [-0.39, 0.29) is 11.8 Å². The quantitative estimate of drug-likeness (QED) is 0.632. The molecule has 2 amide bonds. The third-order valence-electron chi connectivity index (χ3n) is 3.50. The minimum Gasteiger partial charge on any atom is -0.326 e. The Morgan fingerprint density at radius 1 is 0.960 bits per heavy atom. The molecule has 0 aliphatic rings. The van der Waals surface area contributed by atoms with Crippen LogP contribution < -0.4 is 16.0 Å². The molecule has 0 spiro atoms. The highest BCUT2D eigenvalue weighted by Gasteiger charge is 2.03. The van der Waals surface area contributed by atoms with Gasteiger partial charge >= 0.3 is 0 Å². The molecule has 0 saturated heterocycles. The van der Waals surface area contributed by atoms with Crippen molar-refractivity contribution in [2.75, 3.05) is 23.7 Å². The summed E-state index contributed by atoms with van der Waals surface area (Å²) in [7, 11) is 0. The molecule has 0 atom stereocenters. The number of rotatable bonds is 8. The second-order valence-corrected chi connectivity index (χ2v) is 6.12. The highest BCUT2D eigenvalue weighted by molar-refractivity contribution is 6.30. The molecule has 6 heteroatoms. The van der Waals surface area contributed by atoms with Crippen molar-refractivity contribution in [2.45, 2.75) is 19.8 Å². The first-order valence-electron chi connectivity index (χ1n) is 8.15. The molecule has 132 valence electrons. The van der Waals surface area contributed by atoms with Crippen molar-refractivity contribution >= 4 is 34.8 Å². The lowest BCUT2D eigenvalue weighted by atomic mass is 10.1. The predicted octanol–water partition coefficient (Wildman–Crippen LogP) is 3.46. The van der Waals surface area contributed by atoms with E-state index in [4.69, 9.17) is 11.6 Å². The van der Waals surface area contributed by atoms with Gasteiger partial charge < -0.3 is 16.0 Å². The van der Waals surface area contributed by atoms with Gasteiger partial charge in [0.2, 0.25) is 11.8 Å². The highest BCUT2D eigenvalue weighted by atomic mass is 35.5. The lowest BCUT2D eigenvalue weighted by Crippen LogP contribution is -2.23. The fourth-order valence-electron chi connectivity index (χ4n) is 2.32. The Labute approximate surface area is 152 Å². The lowest BCUT2D eigenvalue weighted by Gasteiger charge is -2.08. The van der Waals surface area contributed by atoms with Crippen LogP contribution in [-0.4, -0.2) is 24.9 Å². The first-order valence-corrected chi connectivity index (χ1v) is 8.53. The SMILES string of the molecule is CC(=O)Nc1ccc(NC(=O)CCNCCc2cccc(Cl)c2)cc1. The summed E-state index contributed by atoms with van der Waals surface area (Å²) in [6.45, 7) is 2.85. The van der Waals surface area contributed by atoms with Gasteiger partial charge in [-0.15, -0.1) is 0 Å². The smallest absolute Gasteiger partial charge is 0.225 e. The summed E-state index contributed by atoms with van der Waals surface area (Å²) in [6.07, 6.45) is 1.26. The Morgan fingerprint density at radius 3 is 2.28 bits per heavy atom. The number of carbonyl (C=O) groups is 2. The predicted molar refractivity (Wildman–Crippen MR) is 102 cm³/mol. The van der Waals surface area contributed by atoms with E-state index in [2.05, 4.69) is 16.0 Å². The van der Waals surface area contributed by atoms with Gasteiger partial charge in [-0.3, -0.25) is 9.59 Å². The third-order valence-corrected chi connectivity index (χ3v) is 3.73. The monoisotopic (exact) mass is 359 g/mol. The van der Waals surface area contributed by atoms with E-state index in [0.717, 1.165) is 18.0 Å². The number of benzene rings is 2. The van der Waals surface area contributed by atoms with Crippen LogP contribution in [0.5, 0.6) is 0 Å². The topological polar surface area (TPSA) is 70.2 Å². The first kappa shape index (κ1) is 19.0. The largest absolute Gasteiger partial charge is 0.326 e. The Balaban J connectivity index is 1.64. The van der Waals surface area contributed by atoms with Crippen LogP contribution in [0.2, 0.25) is 5.02 Å². The van der Waals surface area contributed by atoms with E-state index in [9.17, 15) is 9.59 Å². The van der Waals surface area contributed by atoms with Crippen molar-refractivity contribution in [3.05, 3.63) is 59.1 Å². The minimum absolute atomic E-state index is 0.0532. The number of halogens is 1. The van der Waals surface area contributed by atoms with Gasteiger partial charge in [0.05, 0.1) is 0 Å². The highest BCUT2D eigenvalue weighted by Crippen LogP contribution is 2.13. The maximum atomic E-state index is 11.9. The van der Waals surface area contributed by atoms with Gasteiger partial charge in [-0.1, -0.05) is 23.7 Å². The van der Waals surface area contributed by atoms with Gasteiger partial charge in [-0.05, 0) is 54.9 Å². The zero-order valence-corrected chi connectivity index (χ0v) is 14.9. The lowest BCUT2D eigenvalue weighted by molar-refractivity contribution is -0.116. The summed E-state index contributed by atoms with van der Waals surface area (Å²) >= 11 is 5.94. The summed E-state index contributed by atoms with van der Waals surface area (Å²) in [4.78, 5) is 22.9. The van der Waals surface area contributed by atoms with E-state index < -0.39 is 0 Å². The molecule has 0 fully saturated rings. The summed E-state index contributed by atoms with van der Waals surface area (Å²) < 4.78 is 0. The molecule has 5 nitrogen and oxygen atoms in total. The molecule has 25 heavy (non-hydrogen) atoms. The van der Waals surface area contributed by atoms with Crippen LogP contribution in [-0.2, 0) is 16.0 Å². The van der Waals surface area contributed by atoms with E-state index in [1.165, 1.54) is 12.5 Å². The molecular weight excluding hydrogens is 338 g/mol. The zero-order valence-electron chi connectivity index (χ0n) is 14.1. The van der Waals surface area contributed by atoms with Crippen LogP contribution in [0.15, 0.2) is 48.5 Å². The normalized spacial score (nSPS) is 10.3. The molecule has 2 aromatic rings. The number of anilines is 2. The van der Waals surface area contributed by atoms with Gasteiger partial charge in [0.15, 0.2) is 0 Å². The van der Waals surface area contributed by atoms with Crippen molar-refractivity contribution < 1.29 is 9.59 Å². The molecular formula is C19H22ClN3O2. The van der Waals surface area contributed by atoms with Crippen molar-refractivity contribution in [3.8, 4) is 0 Å². The van der Waals surface area contributed by atoms with E-state index in [1.807, 2.05) is 24.3 Å². The molecule has 0 radical (unpaired) electrons. The molecule has 0 unspecified atom stereocenters. The fraction of sp³-hybridized carbons (Fsp3) is 0.263. The van der Waals surface area contributed by atoms with Crippen molar-refractivity contribution in [2.24, 2.45) is 0 Å². The van der Waals surface area contributed by atoms with Gasteiger partial charge in [0, 0.05) is 36.3 Å². The van der Waals surface area contributed by atoms with E-state index in [0.29, 0.717) is 24.3 Å². The van der Waals surface area contributed by atoms with Crippen LogP contribution >= 0.6 is 11.6 Å². The summed E-state index contributed by atoms with van der Waals surface area (Å²) in [6, 6.07) is 14.8. The van der Waals surface area contributed by atoms with Gasteiger partial charge in [-0.2, -0.15) is 0 Å². The van der Waals surface area contributed by atoms with Gasteiger partial charge in [-0.25, -0.2) is 0 Å². The number of nitrogens with one attached hydrogen (secondary N) is 3. The number of amides is 2. The Hall–Kier alpha value is -2.37. The average Bonchev–Trinajstić information content (AvgIpc) is 2.56. The standard InChI is InChI=1S/C19H22ClN3O2/c1-14(24)22-17-5-7-18(8-6-17)23-19(25)10-12-21-11-9-15-3-2-4-16(20)13-15/h2-8,13,21H,9-12H2,1H3,(H,22,24)(H,23,25). The average molecular weight is 360 g/mol. The molecule has 0 aliphatic heterocycles. The first-order chi connectivity index (χ1) is 12.0. The maximum absolute atomic E-state index is 11.9. The van der Waals surface area contributed by atoms with Gasteiger partial charge in [0.25, 0.3) is 0 Å². The summed E-state index contributed by atoms with van der Waals surface area (Å²) in [5.41, 5.74) is 2.58. The molecule has 0 heterocycles. The number of carbonyl (C=O) groups excluding carboxylic acids is 2. The second kappa shape index (κ2) is 9.81. The van der Waals surface area contributed by atoms with Crippen LogP contribution in [0.1, 0.15) is 18.9 Å². The van der Waals surface area contributed by atoms with Crippen molar-refractivity contribution in [1.29, 1.82) is 0 Å². The van der Waals surface area contributed by atoms with Crippen molar-refractivity contribution in [3.63, 3.8) is 0 Å². The summed E-state index contributed by atoms with van der Waals surface area (Å²) in [5, 5.41) is 9.50. The van der Waals surface area contributed by atoms with E-state index in [1.54, 1.807) is 24.3 Å². The van der Waals surface area contributed by atoms with Crippen LogP contribution in [0, 0.1) is 0 Å². The van der Waals surface area contributed by atoms with Crippen molar-refractivity contribution in [1.82, 2.24) is 5.32 Å². The Kier molecular flexibility index (Phi) is 7.44. The molecule has 0 aromatic heterocycles. The van der Waals surface area contributed by atoms with E-state index >= 15 is 0 Å². The van der Waals surface area contributed by atoms with Crippen LogP contribution in [0.3, 0.4) is 0 Å². The molecule has 0 bridgehead atoms. The number of hydrogen-bond acceptors (Lipinski definition) is 3. The van der Waals surface area contributed by atoms with Gasteiger partial charge in [0.1, 0.15) is 0 Å². The molecule has 0 aliphatic carbocycles.